The Kier molecular flexibility index (Phi) is 4.85. The highest BCUT2D eigenvalue weighted by Crippen LogP contribution is 2.21. The van der Waals surface area contributed by atoms with Crippen LogP contribution in [0.2, 0.25) is 0 Å². The normalized spacial score (nSPS) is 17.5. The first kappa shape index (κ1) is 15.9. The number of amides is 1. The maximum atomic E-state index is 14.1. The average molecular weight is 335 g/mol. The summed E-state index contributed by atoms with van der Waals surface area (Å²) in [5, 5.41) is 3.94. The number of carbonyl (C=O) groups excluding carboxylic acids is 1. The Morgan fingerprint density at radius 1 is 1.52 bits per heavy atom. The zero-order chi connectivity index (χ0) is 16.2. The van der Waals surface area contributed by atoms with Crippen LogP contribution in [0, 0.1) is 5.82 Å². The van der Waals surface area contributed by atoms with Gasteiger partial charge < -0.3 is 9.64 Å². The number of nitrogens with zero attached hydrogens (tertiary/aromatic N) is 3. The van der Waals surface area contributed by atoms with Gasteiger partial charge >= 0.3 is 0 Å². The van der Waals surface area contributed by atoms with Gasteiger partial charge in [-0.1, -0.05) is 6.92 Å². The lowest BCUT2D eigenvalue weighted by Crippen LogP contribution is -2.32. The van der Waals surface area contributed by atoms with Gasteiger partial charge in [-0.05, 0) is 28.8 Å². The molecule has 1 amide bonds. The van der Waals surface area contributed by atoms with E-state index in [1.807, 2.05) is 23.8 Å². The Morgan fingerprint density at radius 3 is 3.13 bits per heavy atom. The molecule has 1 unspecified atom stereocenters. The predicted molar refractivity (Wildman–Crippen MR) is 85.0 cm³/mol. The van der Waals surface area contributed by atoms with E-state index >= 15 is 0 Å². The fraction of sp³-hybridized carbons (Fsp3) is 0.438. The molecule has 0 spiro atoms. The van der Waals surface area contributed by atoms with Gasteiger partial charge in [-0.25, -0.2) is 4.98 Å². The largest absolute Gasteiger partial charge is 0.470 e. The zero-order valence-corrected chi connectivity index (χ0v) is 13.7. The van der Waals surface area contributed by atoms with Gasteiger partial charge in [0.1, 0.15) is 12.4 Å². The minimum absolute atomic E-state index is 0.0195. The second-order valence-corrected chi connectivity index (χ2v) is 6.25. The summed E-state index contributed by atoms with van der Waals surface area (Å²) < 4.78 is 19.8. The molecule has 2 aromatic heterocycles. The summed E-state index contributed by atoms with van der Waals surface area (Å²) in [5.41, 5.74) is 1.37. The lowest BCUT2D eigenvalue weighted by atomic mass is 10.2. The molecule has 3 rings (SSSR count). The van der Waals surface area contributed by atoms with Gasteiger partial charge in [0.25, 0.3) is 5.88 Å². The van der Waals surface area contributed by atoms with Gasteiger partial charge in [0.2, 0.25) is 11.7 Å². The molecule has 23 heavy (non-hydrogen) atoms. The zero-order valence-electron chi connectivity index (χ0n) is 12.9. The molecule has 0 saturated carbocycles. The molecule has 1 aliphatic rings. The van der Waals surface area contributed by atoms with Gasteiger partial charge in [0.05, 0.1) is 18.7 Å². The molecule has 5 nitrogen and oxygen atoms in total. The quantitative estimate of drug-likeness (QED) is 0.842. The lowest BCUT2D eigenvalue weighted by molar-refractivity contribution is -0.129. The molecule has 1 saturated heterocycles. The summed E-state index contributed by atoms with van der Waals surface area (Å²) >= 11 is 1.58. The van der Waals surface area contributed by atoms with E-state index in [0.717, 1.165) is 5.56 Å². The van der Waals surface area contributed by atoms with E-state index in [1.54, 1.807) is 16.2 Å². The Hall–Kier alpha value is -2.02. The highest BCUT2D eigenvalue weighted by Gasteiger charge is 2.29. The third-order valence-electron chi connectivity index (χ3n) is 3.88. The van der Waals surface area contributed by atoms with Gasteiger partial charge in [0, 0.05) is 13.0 Å². The van der Waals surface area contributed by atoms with Crippen molar-refractivity contribution in [1.29, 1.82) is 0 Å². The smallest absolute Gasteiger partial charge is 0.254 e. The van der Waals surface area contributed by atoms with Crippen molar-refractivity contribution < 1.29 is 13.9 Å². The molecule has 0 aliphatic carbocycles. The van der Waals surface area contributed by atoms with Gasteiger partial charge in [-0.2, -0.15) is 20.7 Å². The molecule has 0 aromatic carbocycles. The van der Waals surface area contributed by atoms with Crippen molar-refractivity contribution in [2.45, 2.75) is 32.3 Å². The van der Waals surface area contributed by atoms with Crippen LogP contribution in [0.25, 0.3) is 0 Å². The van der Waals surface area contributed by atoms with E-state index in [-0.39, 0.29) is 17.9 Å². The third kappa shape index (κ3) is 3.67. The van der Waals surface area contributed by atoms with Crippen molar-refractivity contribution in [1.82, 2.24) is 14.9 Å². The number of rotatable bonds is 5. The molecule has 1 atom stereocenters. The van der Waals surface area contributed by atoms with Crippen LogP contribution in [0.5, 0.6) is 5.88 Å². The number of hydrogen-bond donors (Lipinski definition) is 0. The van der Waals surface area contributed by atoms with Crippen LogP contribution < -0.4 is 4.74 Å². The Bertz CT molecular complexity index is 678. The van der Waals surface area contributed by atoms with Crippen molar-refractivity contribution >= 4 is 17.2 Å². The summed E-state index contributed by atoms with van der Waals surface area (Å²) in [7, 11) is 0. The van der Waals surface area contributed by atoms with E-state index in [0.29, 0.717) is 38.0 Å². The molecule has 0 bridgehead atoms. The fourth-order valence-electron chi connectivity index (χ4n) is 2.60. The summed E-state index contributed by atoms with van der Waals surface area (Å²) in [6.07, 6.45) is 2.65. The monoisotopic (exact) mass is 335 g/mol. The summed E-state index contributed by atoms with van der Waals surface area (Å²) in [4.78, 5) is 21.8. The van der Waals surface area contributed by atoms with E-state index in [1.165, 1.54) is 6.33 Å². The van der Waals surface area contributed by atoms with Crippen LogP contribution in [0.15, 0.2) is 23.2 Å². The summed E-state index contributed by atoms with van der Waals surface area (Å²) in [5.74, 6) is -0.445. The van der Waals surface area contributed by atoms with Gasteiger partial charge in [-0.3, -0.25) is 4.79 Å². The molecular weight excluding hydrogens is 317 g/mol. The molecule has 1 fully saturated rings. The topological polar surface area (TPSA) is 55.3 Å². The molecule has 1 aliphatic heterocycles. The second kappa shape index (κ2) is 7.04. The molecular formula is C16H18FN3O2S. The van der Waals surface area contributed by atoms with E-state index in [2.05, 4.69) is 9.97 Å². The van der Waals surface area contributed by atoms with Crippen molar-refractivity contribution in [2.75, 3.05) is 13.1 Å². The first-order valence-electron chi connectivity index (χ1n) is 7.62. The first-order chi connectivity index (χ1) is 11.2. The maximum absolute atomic E-state index is 14.1. The summed E-state index contributed by atoms with van der Waals surface area (Å²) in [6.45, 7) is 2.92. The fourth-order valence-corrected chi connectivity index (χ4v) is 3.27. The number of thiophene rings is 1. The minimum atomic E-state index is -0.502. The summed E-state index contributed by atoms with van der Waals surface area (Å²) in [6, 6.07) is 1.95. The van der Waals surface area contributed by atoms with E-state index in [4.69, 9.17) is 4.74 Å². The molecule has 7 heteroatoms. The van der Waals surface area contributed by atoms with Crippen LogP contribution in [0.3, 0.4) is 0 Å². The number of hydrogen-bond acceptors (Lipinski definition) is 5. The maximum Gasteiger partial charge on any atom is 0.254 e. The van der Waals surface area contributed by atoms with Crippen molar-refractivity contribution in [2.24, 2.45) is 0 Å². The number of halogens is 1. The molecule has 122 valence electrons. The Morgan fingerprint density at radius 2 is 2.39 bits per heavy atom. The SMILES string of the molecule is CCc1ncnc(OC2CCN(C(=O)Cc3ccsc3)C2)c1F. The highest BCUT2D eigenvalue weighted by molar-refractivity contribution is 7.07. The number of ether oxygens (including phenoxy) is 1. The second-order valence-electron chi connectivity index (χ2n) is 5.47. The molecule has 0 radical (unpaired) electrons. The third-order valence-corrected chi connectivity index (χ3v) is 4.61. The Labute approximate surface area is 138 Å². The predicted octanol–water partition coefficient (Wildman–Crippen LogP) is 2.46. The van der Waals surface area contributed by atoms with Crippen LogP contribution in [-0.4, -0.2) is 40.0 Å². The van der Waals surface area contributed by atoms with Crippen molar-refractivity contribution in [3.63, 3.8) is 0 Å². The van der Waals surface area contributed by atoms with E-state index in [9.17, 15) is 9.18 Å². The van der Waals surface area contributed by atoms with Gasteiger partial charge in [0.15, 0.2) is 0 Å². The molecule has 2 aromatic rings. The van der Waals surface area contributed by atoms with Crippen molar-refractivity contribution in [3.8, 4) is 5.88 Å². The van der Waals surface area contributed by atoms with Gasteiger partial charge in [-0.15, -0.1) is 0 Å². The van der Waals surface area contributed by atoms with Crippen LogP contribution in [0.1, 0.15) is 24.6 Å². The number of aromatic nitrogens is 2. The van der Waals surface area contributed by atoms with Crippen LogP contribution >= 0.6 is 11.3 Å². The van der Waals surface area contributed by atoms with Crippen molar-refractivity contribution in [3.05, 3.63) is 40.2 Å². The highest BCUT2D eigenvalue weighted by atomic mass is 32.1. The number of aryl methyl sites for hydroxylation is 1. The number of carbonyl (C=O) groups is 1. The van der Waals surface area contributed by atoms with E-state index < -0.39 is 5.82 Å². The van der Waals surface area contributed by atoms with Crippen LogP contribution in [0.4, 0.5) is 4.39 Å². The Balaban J connectivity index is 1.59. The standard InChI is InChI=1S/C16H18FN3O2S/c1-2-13-15(17)16(19-10-18-13)22-12-3-5-20(8-12)14(21)7-11-4-6-23-9-11/h4,6,9-10,12H,2-3,5,7-8H2,1H3. The number of likely N-dealkylation sites (tertiary alicyclic amines) is 1. The molecule has 0 N–H and O–H groups in total. The first-order valence-corrected chi connectivity index (χ1v) is 8.56. The minimum Gasteiger partial charge on any atom is -0.470 e. The van der Waals surface area contributed by atoms with Crippen LogP contribution in [-0.2, 0) is 17.6 Å². The molecule has 3 heterocycles. The lowest BCUT2D eigenvalue weighted by Gasteiger charge is -2.17. The average Bonchev–Trinajstić information content (AvgIpc) is 3.21.